The van der Waals surface area contributed by atoms with Crippen molar-refractivity contribution in [3.8, 4) is 17.2 Å². The molecule has 0 saturated heterocycles. The third-order valence-corrected chi connectivity index (χ3v) is 2.31. The molecule has 2 aromatic rings. The van der Waals surface area contributed by atoms with E-state index in [9.17, 15) is 4.79 Å². The van der Waals surface area contributed by atoms with Crippen LogP contribution in [-0.4, -0.2) is 22.6 Å². The molecule has 5 heteroatoms. The second-order valence-electron chi connectivity index (χ2n) is 3.87. The Kier molecular flexibility index (Phi) is 3.72. The normalized spacial score (nSPS) is 10.3. The van der Waals surface area contributed by atoms with Gasteiger partial charge in [-0.3, -0.25) is 4.79 Å². The van der Waals surface area contributed by atoms with E-state index in [0.717, 1.165) is 5.56 Å². The van der Waals surface area contributed by atoms with Gasteiger partial charge < -0.3 is 9.15 Å². The molecule has 5 nitrogen and oxygen atoms in total. The average molecular weight is 246 g/mol. The third kappa shape index (κ3) is 2.94. The van der Waals surface area contributed by atoms with Crippen LogP contribution in [0, 0.1) is 0 Å². The predicted molar refractivity (Wildman–Crippen MR) is 65.3 cm³/mol. The number of ketones is 1. The van der Waals surface area contributed by atoms with Gasteiger partial charge in [-0.05, 0) is 31.2 Å². The van der Waals surface area contributed by atoms with Crippen LogP contribution in [0.4, 0.5) is 0 Å². The summed E-state index contributed by atoms with van der Waals surface area (Å²) < 4.78 is 10.7. The smallest absolute Gasteiger partial charge is 0.247 e. The van der Waals surface area contributed by atoms with Crippen LogP contribution in [0.25, 0.3) is 11.5 Å². The van der Waals surface area contributed by atoms with E-state index in [1.165, 1.54) is 6.92 Å². The summed E-state index contributed by atoms with van der Waals surface area (Å²) in [7, 11) is 0. The molecule has 0 fully saturated rings. The van der Waals surface area contributed by atoms with Crippen molar-refractivity contribution >= 4 is 5.78 Å². The number of aryl methyl sites for hydroxylation is 1. The summed E-state index contributed by atoms with van der Waals surface area (Å²) in [5.74, 6) is 1.74. The largest absolute Gasteiger partial charge is 0.486 e. The molecule has 18 heavy (non-hydrogen) atoms. The Morgan fingerprint density at radius 1 is 1.28 bits per heavy atom. The van der Waals surface area contributed by atoms with Crippen LogP contribution in [0.5, 0.6) is 5.75 Å². The lowest BCUT2D eigenvalue weighted by molar-refractivity contribution is -0.118. The summed E-state index contributed by atoms with van der Waals surface area (Å²) in [6.45, 7) is 3.52. The van der Waals surface area contributed by atoms with E-state index in [0.29, 0.717) is 24.0 Å². The van der Waals surface area contributed by atoms with Gasteiger partial charge in [0.2, 0.25) is 11.8 Å². The van der Waals surface area contributed by atoms with Gasteiger partial charge in [0.05, 0.1) is 0 Å². The minimum atomic E-state index is -0.0106. The Hall–Kier alpha value is -2.17. The molecule has 1 heterocycles. The van der Waals surface area contributed by atoms with Crippen molar-refractivity contribution in [2.24, 2.45) is 0 Å². The van der Waals surface area contributed by atoms with Crippen LogP contribution in [0.15, 0.2) is 28.7 Å². The number of ether oxygens (including phenoxy) is 1. The average Bonchev–Trinajstić information content (AvgIpc) is 2.85. The van der Waals surface area contributed by atoms with E-state index < -0.39 is 0 Å². The van der Waals surface area contributed by atoms with Gasteiger partial charge in [0.25, 0.3) is 0 Å². The molecule has 0 saturated carbocycles. The molecule has 0 spiro atoms. The lowest BCUT2D eigenvalue weighted by Gasteiger charge is -2.03. The standard InChI is InChI=1S/C13H14N2O3/c1-3-12-14-15-13(18-12)10-4-6-11(7-5-10)17-8-9(2)16/h4-7H,3,8H2,1-2H3. The van der Waals surface area contributed by atoms with Gasteiger partial charge in [0, 0.05) is 12.0 Å². The number of Topliss-reactive ketones (excluding diaryl/α,β-unsaturated/α-hetero) is 1. The van der Waals surface area contributed by atoms with Crippen LogP contribution in [0.2, 0.25) is 0 Å². The molecule has 0 atom stereocenters. The first-order valence-electron chi connectivity index (χ1n) is 5.74. The third-order valence-electron chi connectivity index (χ3n) is 2.31. The summed E-state index contributed by atoms with van der Waals surface area (Å²) in [5.41, 5.74) is 0.831. The fourth-order valence-corrected chi connectivity index (χ4v) is 1.39. The summed E-state index contributed by atoms with van der Waals surface area (Å²) in [5, 5.41) is 7.85. The number of carbonyl (C=O) groups is 1. The second kappa shape index (κ2) is 5.44. The van der Waals surface area contributed by atoms with Gasteiger partial charge >= 0.3 is 0 Å². The quantitative estimate of drug-likeness (QED) is 0.809. The minimum Gasteiger partial charge on any atom is -0.486 e. The summed E-state index contributed by atoms with van der Waals surface area (Å²) in [6, 6.07) is 7.19. The van der Waals surface area contributed by atoms with E-state index in [-0.39, 0.29) is 12.4 Å². The van der Waals surface area contributed by atoms with Crippen molar-refractivity contribution in [3.63, 3.8) is 0 Å². The van der Waals surface area contributed by atoms with E-state index in [1.54, 1.807) is 12.1 Å². The maximum atomic E-state index is 10.8. The number of rotatable bonds is 5. The first-order chi connectivity index (χ1) is 8.69. The monoisotopic (exact) mass is 246 g/mol. The molecular formula is C13H14N2O3. The minimum absolute atomic E-state index is 0.0106. The molecule has 1 aromatic heterocycles. The van der Waals surface area contributed by atoms with Crippen molar-refractivity contribution in [3.05, 3.63) is 30.2 Å². The Morgan fingerprint density at radius 2 is 2.00 bits per heavy atom. The lowest BCUT2D eigenvalue weighted by Crippen LogP contribution is -2.06. The van der Waals surface area contributed by atoms with Gasteiger partial charge in [-0.2, -0.15) is 0 Å². The number of hydrogen-bond acceptors (Lipinski definition) is 5. The first-order valence-corrected chi connectivity index (χ1v) is 5.74. The maximum Gasteiger partial charge on any atom is 0.247 e. The molecule has 0 aliphatic heterocycles. The van der Waals surface area contributed by atoms with Gasteiger partial charge in [-0.15, -0.1) is 10.2 Å². The summed E-state index contributed by atoms with van der Waals surface area (Å²) >= 11 is 0. The van der Waals surface area contributed by atoms with Crippen LogP contribution >= 0.6 is 0 Å². The molecule has 1 aromatic carbocycles. The Morgan fingerprint density at radius 3 is 2.56 bits per heavy atom. The fraction of sp³-hybridized carbons (Fsp3) is 0.308. The van der Waals surface area contributed by atoms with Crippen LogP contribution in [0.1, 0.15) is 19.7 Å². The zero-order valence-electron chi connectivity index (χ0n) is 10.3. The van der Waals surface area contributed by atoms with Crippen LogP contribution < -0.4 is 4.74 Å². The number of carbonyl (C=O) groups excluding carboxylic acids is 1. The van der Waals surface area contributed by atoms with Crippen LogP contribution in [-0.2, 0) is 11.2 Å². The summed E-state index contributed by atoms with van der Waals surface area (Å²) in [4.78, 5) is 10.8. The fourth-order valence-electron chi connectivity index (χ4n) is 1.39. The van der Waals surface area contributed by atoms with Crippen LogP contribution in [0.3, 0.4) is 0 Å². The van der Waals surface area contributed by atoms with Crippen molar-refractivity contribution in [1.82, 2.24) is 10.2 Å². The number of benzene rings is 1. The van der Waals surface area contributed by atoms with Crippen molar-refractivity contribution in [1.29, 1.82) is 0 Å². The highest BCUT2D eigenvalue weighted by atomic mass is 16.5. The van der Waals surface area contributed by atoms with Gasteiger partial charge in [0.1, 0.15) is 12.4 Å². The molecule has 0 unspecified atom stereocenters. The molecule has 2 rings (SSSR count). The highest BCUT2D eigenvalue weighted by Gasteiger charge is 2.07. The highest BCUT2D eigenvalue weighted by Crippen LogP contribution is 2.21. The zero-order valence-corrected chi connectivity index (χ0v) is 10.3. The van der Waals surface area contributed by atoms with E-state index >= 15 is 0 Å². The van der Waals surface area contributed by atoms with Crippen molar-refractivity contribution < 1.29 is 13.9 Å². The molecular weight excluding hydrogens is 232 g/mol. The molecule has 0 bridgehead atoms. The zero-order chi connectivity index (χ0) is 13.0. The Labute approximate surface area is 105 Å². The van der Waals surface area contributed by atoms with Crippen molar-refractivity contribution in [2.75, 3.05) is 6.61 Å². The van der Waals surface area contributed by atoms with Gasteiger partial charge in [-0.1, -0.05) is 6.92 Å². The van der Waals surface area contributed by atoms with E-state index in [4.69, 9.17) is 9.15 Å². The molecule has 0 amide bonds. The number of aromatic nitrogens is 2. The van der Waals surface area contributed by atoms with Gasteiger partial charge in [-0.25, -0.2) is 0 Å². The predicted octanol–water partition coefficient (Wildman–Crippen LogP) is 2.27. The Balaban J connectivity index is 2.09. The second-order valence-corrected chi connectivity index (χ2v) is 3.87. The van der Waals surface area contributed by atoms with E-state index in [2.05, 4.69) is 10.2 Å². The lowest BCUT2D eigenvalue weighted by atomic mass is 10.2. The summed E-state index contributed by atoms with van der Waals surface area (Å²) in [6.07, 6.45) is 0.715. The topological polar surface area (TPSA) is 65.2 Å². The number of hydrogen-bond donors (Lipinski definition) is 0. The molecule has 0 aliphatic carbocycles. The highest BCUT2D eigenvalue weighted by molar-refractivity contribution is 5.77. The molecule has 0 N–H and O–H groups in total. The first kappa shape index (κ1) is 12.3. The maximum absolute atomic E-state index is 10.8. The van der Waals surface area contributed by atoms with Crippen molar-refractivity contribution in [2.45, 2.75) is 20.3 Å². The van der Waals surface area contributed by atoms with Gasteiger partial charge in [0.15, 0.2) is 5.78 Å². The molecule has 94 valence electrons. The van der Waals surface area contributed by atoms with E-state index in [1.807, 2.05) is 19.1 Å². The molecule has 0 radical (unpaired) electrons. The SMILES string of the molecule is CCc1nnc(-c2ccc(OCC(C)=O)cc2)o1. The Bertz CT molecular complexity index is 531. The molecule has 0 aliphatic rings. The number of nitrogens with zero attached hydrogens (tertiary/aromatic N) is 2.